The number of benzene rings is 1. The summed E-state index contributed by atoms with van der Waals surface area (Å²) >= 11 is 0. The highest BCUT2D eigenvalue weighted by atomic mass is 16.7. The fourth-order valence-electron chi connectivity index (χ4n) is 1.87. The molecular formula is C13H12N2O4. The molecule has 0 amide bonds. The lowest BCUT2D eigenvalue weighted by Gasteiger charge is -2.00. The third-order valence-corrected chi connectivity index (χ3v) is 2.85. The molecule has 0 aliphatic carbocycles. The van der Waals surface area contributed by atoms with Crippen LogP contribution in [0.2, 0.25) is 0 Å². The lowest BCUT2D eigenvalue weighted by molar-refractivity contribution is -0.139. The van der Waals surface area contributed by atoms with E-state index in [1.165, 1.54) is 7.11 Å². The first kappa shape index (κ1) is 11.6. The van der Waals surface area contributed by atoms with Crippen molar-refractivity contribution >= 4 is 5.97 Å². The third kappa shape index (κ3) is 2.24. The van der Waals surface area contributed by atoms with Gasteiger partial charge in [-0.3, -0.25) is 4.79 Å². The molecule has 19 heavy (non-hydrogen) atoms. The number of carbonyl (C=O) groups is 1. The van der Waals surface area contributed by atoms with Crippen molar-refractivity contribution in [3.05, 3.63) is 30.2 Å². The van der Waals surface area contributed by atoms with Crippen LogP contribution < -0.4 is 9.47 Å². The van der Waals surface area contributed by atoms with E-state index in [9.17, 15) is 4.79 Å². The van der Waals surface area contributed by atoms with E-state index in [0.717, 1.165) is 17.0 Å². The number of aromatic nitrogens is 2. The van der Waals surface area contributed by atoms with E-state index in [0.29, 0.717) is 11.6 Å². The average molecular weight is 260 g/mol. The van der Waals surface area contributed by atoms with Crippen LogP contribution in [0.3, 0.4) is 0 Å². The fraction of sp³-hybridized carbons (Fsp3) is 0.231. The van der Waals surface area contributed by atoms with E-state index >= 15 is 0 Å². The number of H-pyrrole nitrogens is 1. The molecule has 0 atom stereocenters. The van der Waals surface area contributed by atoms with Crippen molar-refractivity contribution < 1.29 is 19.0 Å². The summed E-state index contributed by atoms with van der Waals surface area (Å²) in [7, 11) is 1.35. The van der Waals surface area contributed by atoms with Gasteiger partial charge in [0.1, 0.15) is 12.2 Å². The zero-order valence-electron chi connectivity index (χ0n) is 10.3. The largest absolute Gasteiger partial charge is 0.469 e. The number of carbonyl (C=O) groups excluding carboxylic acids is 1. The van der Waals surface area contributed by atoms with E-state index in [-0.39, 0.29) is 19.2 Å². The molecule has 0 saturated heterocycles. The molecule has 3 rings (SSSR count). The second kappa shape index (κ2) is 4.64. The molecule has 6 heteroatoms. The number of ether oxygens (including phenoxy) is 3. The summed E-state index contributed by atoms with van der Waals surface area (Å²) in [6.07, 6.45) is 1.80. The summed E-state index contributed by atoms with van der Waals surface area (Å²) in [4.78, 5) is 18.4. The first-order chi connectivity index (χ1) is 9.26. The van der Waals surface area contributed by atoms with E-state index < -0.39 is 0 Å². The van der Waals surface area contributed by atoms with Crippen LogP contribution in [-0.4, -0.2) is 29.8 Å². The summed E-state index contributed by atoms with van der Waals surface area (Å²) in [5.41, 5.74) is 1.74. The topological polar surface area (TPSA) is 73.4 Å². The molecule has 2 heterocycles. The van der Waals surface area contributed by atoms with Gasteiger partial charge in [-0.1, -0.05) is 0 Å². The Labute approximate surface area is 109 Å². The van der Waals surface area contributed by atoms with Gasteiger partial charge >= 0.3 is 5.97 Å². The Bertz CT molecular complexity index is 621. The number of hydrogen-bond donors (Lipinski definition) is 1. The van der Waals surface area contributed by atoms with E-state index in [1.54, 1.807) is 6.20 Å². The Morgan fingerprint density at radius 2 is 2.26 bits per heavy atom. The minimum absolute atomic E-state index is 0.126. The lowest BCUT2D eigenvalue weighted by atomic mass is 10.1. The second-order valence-electron chi connectivity index (χ2n) is 4.06. The quantitative estimate of drug-likeness (QED) is 0.847. The number of nitrogens with zero attached hydrogens (tertiary/aromatic N) is 1. The summed E-state index contributed by atoms with van der Waals surface area (Å²) in [6.45, 7) is 0.245. The monoisotopic (exact) mass is 260 g/mol. The van der Waals surface area contributed by atoms with Crippen LogP contribution in [0.4, 0.5) is 0 Å². The van der Waals surface area contributed by atoms with Crippen molar-refractivity contribution in [1.82, 2.24) is 9.97 Å². The van der Waals surface area contributed by atoms with E-state index in [2.05, 4.69) is 14.7 Å². The number of fused-ring (bicyclic) bond motifs is 1. The fourth-order valence-corrected chi connectivity index (χ4v) is 1.87. The van der Waals surface area contributed by atoms with Crippen LogP contribution in [0.25, 0.3) is 11.3 Å². The van der Waals surface area contributed by atoms with Gasteiger partial charge < -0.3 is 19.2 Å². The Hall–Kier alpha value is -2.50. The number of imidazole rings is 1. The van der Waals surface area contributed by atoms with Crippen molar-refractivity contribution in [3.8, 4) is 22.8 Å². The zero-order chi connectivity index (χ0) is 13.2. The normalized spacial score (nSPS) is 12.5. The second-order valence-corrected chi connectivity index (χ2v) is 4.06. The SMILES string of the molecule is COC(=O)Cc1ncc(-c2ccc3c(c2)OCO3)[nH]1. The van der Waals surface area contributed by atoms with Crippen molar-refractivity contribution in [1.29, 1.82) is 0 Å². The number of hydrogen-bond acceptors (Lipinski definition) is 5. The van der Waals surface area contributed by atoms with Gasteiger partial charge in [-0.25, -0.2) is 4.98 Å². The van der Waals surface area contributed by atoms with Crippen LogP contribution in [0, 0.1) is 0 Å². The minimum atomic E-state index is -0.327. The van der Waals surface area contributed by atoms with Gasteiger partial charge in [0.05, 0.1) is 19.0 Å². The molecule has 0 saturated carbocycles. The number of nitrogens with one attached hydrogen (secondary N) is 1. The van der Waals surface area contributed by atoms with Gasteiger partial charge in [-0.15, -0.1) is 0 Å². The van der Waals surface area contributed by atoms with Gasteiger partial charge in [0, 0.05) is 5.56 Å². The smallest absolute Gasteiger partial charge is 0.313 e. The molecule has 1 aliphatic rings. The summed E-state index contributed by atoms with van der Waals surface area (Å²) in [5, 5.41) is 0. The van der Waals surface area contributed by atoms with Crippen molar-refractivity contribution in [2.45, 2.75) is 6.42 Å². The molecule has 1 aliphatic heterocycles. The van der Waals surface area contributed by atoms with Gasteiger partial charge in [0.25, 0.3) is 0 Å². The molecule has 1 aromatic heterocycles. The van der Waals surface area contributed by atoms with Gasteiger partial charge in [0.2, 0.25) is 6.79 Å². The zero-order valence-corrected chi connectivity index (χ0v) is 10.3. The van der Waals surface area contributed by atoms with E-state index in [1.807, 2.05) is 18.2 Å². The van der Waals surface area contributed by atoms with Gasteiger partial charge in [-0.05, 0) is 18.2 Å². The molecule has 0 fully saturated rings. The van der Waals surface area contributed by atoms with E-state index in [4.69, 9.17) is 9.47 Å². The molecule has 1 aromatic carbocycles. The summed E-state index contributed by atoms with van der Waals surface area (Å²) in [6, 6.07) is 5.62. The van der Waals surface area contributed by atoms with Crippen LogP contribution in [-0.2, 0) is 16.0 Å². The number of rotatable bonds is 3. The predicted molar refractivity (Wildman–Crippen MR) is 65.9 cm³/mol. The lowest BCUT2D eigenvalue weighted by Crippen LogP contribution is -2.05. The minimum Gasteiger partial charge on any atom is -0.469 e. The maximum Gasteiger partial charge on any atom is 0.313 e. The molecule has 0 unspecified atom stereocenters. The molecule has 0 bridgehead atoms. The molecular weight excluding hydrogens is 248 g/mol. The molecule has 1 N–H and O–H groups in total. The predicted octanol–water partition coefficient (Wildman–Crippen LogP) is 1.52. The van der Waals surface area contributed by atoms with Crippen molar-refractivity contribution in [3.63, 3.8) is 0 Å². The van der Waals surface area contributed by atoms with Crippen LogP contribution in [0.15, 0.2) is 24.4 Å². The molecule has 6 nitrogen and oxygen atoms in total. The Morgan fingerprint density at radius 3 is 3.11 bits per heavy atom. The number of methoxy groups -OCH3 is 1. The van der Waals surface area contributed by atoms with Gasteiger partial charge in [0.15, 0.2) is 11.5 Å². The van der Waals surface area contributed by atoms with Crippen LogP contribution in [0.1, 0.15) is 5.82 Å². The van der Waals surface area contributed by atoms with Crippen LogP contribution >= 0.6 is 0 Å². The summed E-state index contributed by atoms with van der Waals surface area (Å²) in [5.74, 6) is 1.69. The number of esters is 1. The number of aromatic amines is 1. The first-order valence-corrected chi connectivity index (χ1v) is 5.77. The highest BCUT2D eigenvalue weighted by Crippen LogP contribution is 2.35. The maximum atomic E-state index is 11.2. The molecule has 2 aromatic rings. The third-order valence-electron chi connectivity index (χ3n) is 2.85. The Kier molecular flexibility index (Phi) is 2.83. The Morgan fingerprint density at radius 1 is 1.42 bits per heavy atom. The Balaban J connectivity index is 1.84. The molecule has 0 spiro atoms. The van der Waals surface area contributed by atoms with Gasteiger partial charge in [-0.2, -0.15) is 0 Å². The summed E-state index contributed by atoms with van der Waals surface area (Å²) < 4.78 is 15.2. The highest BCUT2D eigenvalue weighted by Gasteiger charge is 2.15. The van der Waals surface area contributed by atoms with Crippen LogP contribution in [0.5, 0.6) is 11.5 Å². The van der Waals surface area contributed by atoms with Crippen molar-refractivity contribution in [2.75, 3.05) is 13.9 Å². The van der Waals surface area contributed by atoms with Crippen molar-refractivity contribution in [2.24, 2.45) is 0 Å². The average Bonchev–Trinajstić information content (AvgIpc) is 3.05. The maximum absolute atomic E-state index is 11.2. The molecule has 98 valence electrons. The first-order valence-electron chi connectivity index (χ1n) is 5.77. The standard InChI is InChI=1S/C13H12N2O4/c1-17-13(16)5-12-14-6-9(15-12)8-2-3-10-11(4-8)19-7-18-10/h2-4,6H,5,7H2,1H3,(H,14,15). The molecule has 0 radical (unpaired) electrons. The highest BCUT2D eigenvalue weighted by molar-refractivity contribution is 5.72.